The molecule has 7 nitrogen and oxygen atoms in total. The van der Waals surface area contributed by atoms with Gasteiger partial charge in [-0.05, 0) is 48.9 Å². The number of H-pyrrole nitrogens is 1. The number of ether oxygens (including phenoxy) is 1. The predicted molar refractivity (Wildman–Crippen MR) is 125 cm³/mol. The van der Waals surface area contributed by atoms with Gasteiger partial charge in [-0.3, -0.25) is 9.78 Å². The van der Waals surface area contributed by atoms with E-state index in [9.17, 15) is 27.2 Å². The molecule has 0 radical (unpaired) electrons. The number of methoxy groups -OCH3 is 1. The van der Waals surface area contributed by atoms with E-state index in [1.807, 2.05) is 13.0 Å². The number of amides is 1. The lowest BCUT2D eigenvalue weighted by molar-refractivity contribution is -0.139. The van der Waals surface area contributed by atoms with Gasteiger partial charge < -0.3 is 10.1 Å². The van der Waals surface area contributed by atoms with Gasteiger partial charge in [-0.1, -0.05) is 23.7 Å². The van der Waals surface area contributed by atoms with Gasteiger partial charge >= 0.3 is 11.9 Å². The lowest BCUT2D eigenvalue weighted by atomic mass is 10.1. The number of nitrogens with one attached hydrogen (secondary N) is 2. The molecule has 0 saturated heterocycles. The molecule has 0 unspecified atom stereocenters. The van der Waals surface area contributed by atoms with Crippen LogP contribution in [0, 0.1) is 12.7 Å². The SMILES string of the molecule is COc1cc(-n2nc(-c3c(C)cccc3Cl)[nH]c2=O)ccc1C(=O)Nc1ccc(F)c(C(F)(F)F)c1. The number of aromatic nitrogens is 3. The van der Waals surface area contributed by atoms with Gasteiger partial charge in [0.2, 0.25) is 0 Å². The molecule has 1 heterocycles. The van der Waals surface area contributed by atoms with Crippen molar-refractivity contribution in [2.45, 2.75) is 13.1 Å². The zero-order chi connectivity index (χ0) is 26.2. The Bertz CT molecular complexity index is 1510. The predicted octanol–water partition coefficient (Wildman–Crippen LogP) is 5.61. The van der Waals surface area contributed by atoms with Gasteiger partial charge in [0.05, 0.1) is 28.9 Å². The highest BCUT2D eigenvalue weighted by molar-refractivity contribution is 6.33. The molecule has 4 aromatic rings. The van der Waals surface area contributed by atoms with Crippen LogP contribution < -0.4 is 15.7 Å². The molecular formula is C24H17ClF4N4O3. The van der Waals surface area contributed by atoms with E-state index in [2.05, 4.69) is 15.4 Å². The quantitative estimate of drug-likeness (QED) is 0.335. The summed E-state index contributed by atoms with van der Waals surface area (Å²) in [6.45, 7) is 1.81. The van der Waals surface area contributed by atoms with Crippen LogP contribution in [0.25, 0.3) is 17.1 Å². The van der Waals surface area contributed by atoms with Crippen molar-refractivity contribution in [3.63, 3.8) is 0 Å². The zero-order valence-electron chi connectivity index (χ0n) is 18.7. The standard InChI is InChI=1S/C24H17ClF4N4O3/c1-12-4-3-5-17(25)20(12)21-31-23(35)33(32-21)14-7-8-15(19(11-14)36-2)22(34)30-13-6-9-18(26)16(10-13)24(27,28)29/h3-11H,1-2H3,(H,30,34)(H,31,32,35). The first-order chi connectivity index (χ1) is 17.0. The number of alkyl halides is 3. The number of carbonyl (C=O) groups is 1. The highest BCUT2D eigenvalue weighted by Gasteiger charge is 2.34. The third kappa shape index (κ3) is 4.82. The van der Waals surface area contributed by atoms with E-state index in [4.69, 9.17) is 16.3 Å². The van der Waals surface area contributed by atoms with Crippen LogP contribution in [0.5, 0.6) is 5.75 Å². The number of anilines is 1. The van der Waals surface area contributed by atoms with Crippen LogP contribution in [0.1, 0.15) is 21.5 Å². The largest absolute Gasteiger partial charge is 0.496 e. The summed E-state index contributed by atoms with van der Waals surface area (Å²) >= 11 is 6.27. The molecule has 0 aliphatic carbocycles. The monoisotopic (exact) mass is 520 g/mol. The number of benzene rings is 3. The van der Waals surface area contributed by atoms with Crippen molar-refractivity contribution >= 4 is 23.2 Å². The van der Waals surface area contributed by atoms with Gasteiger partial charge in [-0.2, -0.15) is 17.9 Å². The van der Waals surface area contributed by atoms with Crippen molar-refractivity contribution < 1.29 is 27.1 Å². The average Bonchev–Trinajstić information content (AvgIpc) is 3.20. The molecule has 0 atom stereocenters. The Balaban J connectivity index is 1.66. The molecule has 186 valence electrons. The number of rotatable bonds is 5. The van der Waals surface area contributed by atoms with E-state index < -0.39 is 29.2 Å². The van der Waals surface area contributed by atoms with Crippen molar-refractivity contribution in [2.75, 3.05) is 12.4 Å². The smallest absolute Gasteiger partial charge is 0.419 e. The average molecular weight is 521 g/mol. The first kappa shape index (κ1) is 25.0. The molecule has 0 spiro atoms. The first-order valence-corrected chi connectivity index (χ1v) is 10.7. The summed E-state index contributed by atoms with van der Waals surface area (Å²) in [4.78, 5) is 28.0. The molecule has 0 fully saturated rings. The normalized spacial score (nSPS) is 11.4. The molecule has 12 heteroatoms. The number of aryl methyl sites for hydroxylation is 1. The summed E-state index contributed by atoms with van der Waals surface area (Å²) in [5.41, 5.74) is -0.785. The molecule has 1 amide bonds. The van der Waals surface area contributed by atoms with E-state index in [1.165, 1.54) is 25.3 Å². The number of hydrogen-bond acceptors (Lipinski definition) is 4. The topological polar surface area (TPSA) is 89.0 Å². The Hall–Kier alpha value is -4.12. The second-order valence-electron chi connectivity index (χ2n) is 7.65. The van der Waals surface area contributed by atoms with Crippen molar-refractivity contribution in [3.8, 4) is 22.8 Å². The molecule has 4 rings (SSSR count). The molecule has 1 aromatic heterocycles. The zero-order valence-corrected chi connectivity index (χ0v) is 19.5. The lowest BCUT2D eigenvalue weighted by Gasteiger charge is -2.13. The third-order valence-electron chi connectivity index (χ3n) is 5.28. The van der Waals surface area contributed by atoms with Gasteiger partial charge in [0.15, 0.2) is 5.82 Å². The highest BCUT2D eigenvalue weighted by atomic mass is 35.5. The van der Waals surface area contributed by atoms with E-state index in [1.54, 1.807) is 12.1 Å². The Labute approximate surface area is 206 Å². The Morgan fingerprint density at radius 1 is 1.14 bits per heavy atom. The summed E-state index contributed by atoms with van der Waals surface area (Å²) in [5.74, 6) is -2.01. The number of carbonyl (C=O) groups excluding carboxylic acids is 1. The fourth-order valence-corrected chi connectivity index (χ4v) is 3.87. The van der Waals surface area contributed by atoms with Gasteiger partial charge in [-0.25, -0.2) is 9.18 Å². The summed E-state index contributed by atoms with van der Waals surface area (Å²) in [6, 6.07) is 11.5. The van der Waals surface area contributed by atoms with Crippen LogP contribution in [0.3, 0.4) is 0 Å². The molecule has 0 bridgehead atoms. The van der Waals surface area contributed by atoms with Crippen LogP contribution in [0.2, 0.25) is 5.02 Å². The number of hydrogen-bond donors (Lipinski definition) is 2. The molecule has 0 aliphatic rings. The minimum Gasteiger partial charge on any atom is -0.496 e. The van der Waals surface area contributed by atoms with E-state index in [0.717, 1.165) is 16.3 Å². The Morgan fingerprint density at radius 2 is 1.89 bits per heavy atom. The van der Waals surface area contributed by atoms with Crippen molar-refractivity contribution in [1.82, 2.24) is 14.8 Å². The van der Waals surface area contributed by atoms with Gasteiger partial charge in [0, 0.05) is 17.3 Å². The van der Waals surface area contributed by atoms with Gasteiger partial charge in [0.1, 0.15) is 11.6 Å². The summed E-state index contributed by atoms with van der Waals surface area (Å²) in [6.07, 6.45) is -4.93. The van der Waals surface area contributed by atoms with E-state index in [0.29, 0.717) is 22.7 Å². The van der Waals surface area contributed by atoms with Crippen molar-refractivity contribution in [1.29, 1.82) is 0 Å². The second-order valence-corrected chi connectivity index (χ2v) is 8.06. The number of aromatic amines is 1. The molecular weight excluding hydrogens is 504 g/mol. The van der Waals surface area contributed by atoms with Crippen molar-refractivity contribution in [2.24, 2.45) is 0 Å². The van der Waals surface area contributed by atoms with E-state index >= 15 is 0 Å². The highest BCUT2D eigenvalue weighted by Crippen LogP contribution is 2.33. The Kier molecular flexibility index (Phi) is 6.59. The minimum absolute atomic E-state index is 0.0218. The summed E-state index contributed by atoms with van der Waals surface area (Å²) < 4.78 is 58.8. The van der Waals surface area contributed by atoms with Crippen LogP contribution in [-0.2, 0) is 6.18 Å². The molecule has 0 saturated carbocycles. The van der Waals surface area contributed by atoms with Crippen LogP contribution in [0.15, 0.2) is 59.4 Å². The first-order valence-electron chi connectivity index (χ1n) is 10.3. The molecule has 2 N–H and O–H groups in total. The second kappa shape index (κ2) is 9.50. The number of halogens is 5. The van der Waals surface area contributed by atoms with Crippen molar-refractivity contribution in [3.05, 3.63) is 92.6 Å². The minimum atomic E-state index is -4.93. The third-order valence-corrected chi connectivity index (χ3v) is 5.60. The van der Waals surface area contributed by atoms with Crippen LogP contribution >= 0.6 is 11.6 Å². The Morgan fingerprint density at radius 3 is 2.56 bits per heavy atom. The maximum absolute atomic E-state index is 13.5. The fourth-order valence-electron chi connectivity index (χ4n) is 3.56. The summed E-state index contributed by atoms with van der Waals surface area (Å²) in [5, 5.41) is 6.99. The van der Waals surface area contributed by atoms with E-state index in [-0.39, 0.29) is 28.5 Å². The lowest BCUT2D eigenvalue weighted by Crippen LogP contribution is -2.18. The van der Waals surface area contributed by atoms with Gasteiger partial charge in [-0.15, -0.1) is 5.10 Å². The summed E-state index contributed by atoms with van der Waals surface area (Å²) in [7, 11) is 1.28. The van der Waals surface area contributed by atoms with Crippen LogP contribution in [-0.4, -0.2) is 27.8 Å². The van der Waals surface area contributed by atoms with Crippen LogP contribution in [0.4, 0.5) is 23.2 Å². The maximum atomic E-state index is 13.5. The maximum Gasteiger partial charge on any atom is 0.419 e. The molecule has 3 aromatic carbocycles. The molecule has 0 aliphatic heterocycles. The fraction of sp³-hybridized carbons (Fsp3) is 0.125. The number of nitrogens with zero attached hydrogens (tertiary/aromatic N) is 2. The molecule has 36 heavy (non-hydrogen) atoms. The van der Waals surface area contributed by atoms with Gasteiger partial charge in [0.25, 0.3) is 5.91 Å².